The van der Waals surface area contributed by atoms with Crippen LogP contribution in [0.3, 0.4) is 0 Å². The van der Waals surface area contributed by atoms with Gasteiger partial charge < -0.3 is 11.1 Å². The number of rotatable bonds is 3. The van der Waals surface area contributed by atoms with E-state index in [0.717, 1.165) is 29.9 Å². The molecular formula is C19H24N4. The number of hydrogen-bond donors (Lipinski definition) is 2. The SMILES string of the molecule is CCc1c(/C=C2\CCC(C)c3ccccc32)nc(N)nc1NC. The molecule has 0 saturated carbocycles. The van der Waals surface area contributed by atoms with Gasteiger partial charge in [0.15, 0.2) is 0 Å². The van der Waals surface area contributed by atoms with Gasteiger partial charge in [0.1, 0.15) is 5.82 Å². The van der Waals surface area contributed by atoms with Crippen LogP contribution >= 0.6 is 0 Å². The Morgan fingerprint density at radius 1 is 1.30 bits per heavy atom. The van der Waals surface area contributed by atoms with Crippen LogP contribution in [0.2, 0.25) is 0 Å². The van der Waals surface area contributed by atoms with E-state index >= 15 is 0 Å². The lowest BCUT2D eigenvalue weighted by Gasteiger charge is -2.25. The van der Waals surface area contributed by atoms with Crippen molar-refractivity contribution < 1.29 is 0 Å². The summed E-state index contributed by atoms with van der Waals surface area (Å²) in [6.07, 6.45) is 5.31. The number of nitrogen functional groups attached to an aromatic ring is 1. The van der Waals surface area contributed by atoms with Crippen molar-refractivity contribution in [3.63, 3.8) is 0 Å². The van der Waals surface area contributed by atoms with Gasteiger partial charge in [0.05, 0.1) is 5.69 Å². The number of benzene rings is 1. The summed E-state index contributed by atoms with van der Waals surface area (Å²) in [5.74, 6) is 1.75. The summed E-state index contributed by atoms with van der Waals surface area (Å²) in [4.78, 5) is 8.79. The summed E-state index contributed by atoms with van der Waals surface area (Å²) >= 11 is 0. The van der Waals surface area contributed by atoms with Crippen LogP contribution in [-0.2, 0) is 6.42 Å². The van der Waals surface area contributed by atoms with Crippen molar-refractivity contribution in [3.05, 3.63) is 46.6 Å². The maximum atomic E-state index is 5.89. The molecule has 1 aromatic heterocycles. The Bertz CT molecular complexity index is 749. The van der Waals surface area contributed by atoms with Gasteiger partial charge in [-0.05, 0) is 48.0 Å². The lowest BCUT2D eigenvalue weighted by atomic mass is 9.80. The predicted molar refractivity (Wildman–Crippen MR) is 97.3 cm³/mol. The van der Waals surface area contributed by atoms with Crippen molar-refractivity contribution >= 4 is 23.4 Å². The van der Waals surface area contributed by atoms with E-state index in [0.29, 0.717) is 11.9 Å². The Labute approximate surface area is 137 Å². The molecule has 0 saturated heterocycles. The quantitative estimate of drug-likeness (QED) is 0.896. The largest absolute Gasteiger partial charge is 0.373 e. The zero-order chi connectivity index (χ0) is 16.4. The zero-order valence-corrected chi connectivity index (χ0v) is 14.1. The number of aromatic nitrogens is 2. The van der Waals surface area contributed by atoms with Gasteiger partial charge >= 0.3 is 0 Å². The summed E-state index contributed by atoms with van der Waals surface area (Å²) < 4.78 is 0. The predicted octanol–water partition coefficient (Wildman–Crippen LogP) is 4.10. The van der Waals surface area contributed by atoms with E-state index in [-0.39, 0.29) is 0 Å². The molecule has 0 fully saturated rings. The minimum Gasteiger partial charge on any atom is -0.373 e. The van der Waals surface area contributed by atoms with Gasteiger partial charge in [-0.2, -0.15) is 4.98 Å². The molecule has 120 valence electrons. The molecule has 4 nitrogen and oxygen atoms in total. The fourth-order valence-corrected chi connectivity index (χ4v) is 3.39. The number of fused-ring (bicyclic) bond motifs is 1. The standard InChI is InChI=1S/C19H24N4/c1-4-14-17(22-19(20)23-18(14)21-3)11-13-10-9-12(2)15-7-5-6-8-16(13)15/h5-8,11-12H,4,9-10H2,1-3H3,(H3,20,21,22,23)/b13-11+. The molecule has 23 heavy (non-hydrogen) atoms. The molecule has 0 radical (unpaired) electrons. The molecule has 4 heteroatoms. The van der Waals surface area contributed by atoms with Crippen molar-refractivity contribution in [2.45, 2.75) is 39.0 Å². The molecule has 1 aliphatic rings. The number of allylic oxidation sites excluding steroid dienone is 1. The van der Waals surface area contributed by atoms with Gasteiger partial charge in [-0.3, -0.25) is 0 Å². The number of nitrogens with two attached hydrogens (primary N) is 1. The summed E-state index contributed by atoms with van der Waals surface area (Å²) in [7, 11) is 1.87. The third kappa shape index (κ3) is 2.93. The highest BCUT2D eigenvalue weighted by molar-refractivity contribution is 5.84. The molecular weight excluding hydrogens is 284 g/mol. The Kier molecular flexibility index (Phi) is 4.33. The van der Waals surface area contributed by atoms with Crippen molar-refractivity contribution in [3.8, 4) is 0 Å². The molecule has 1 atom stereocenters. The van der Waals surface area contributed by atoms with Crippen molar-refractivity contribution in [2.24, 2.45) is 0 Å². The summed E-state index contributed by atoms with van der Waals surface area (Å²) in [5.41, 5.74) is 12.1. The summed E-state index contributed by atoms with van der Waals surface area (Å²) in [6, 6.07) is 8.68. The Hall–Kier alpha value is -2.36. The van der Waals surface area contributed by atoms with Gasteiger partial charge in [0.2, 0.25) is 5.95 Å². The van der Waals surface area contributed by atoms with E-state index in [2.05, 4.69) is 59.5 Å². The second-order valence-corrected chi connectivity index (χ2v) is 6.09. The van der Waals surface area contributed by atoms with Gasteiger partial charge in [0.25, 0.3) is 0 Å². The van der Waals surface area contributed by atoms with Gasteiger partial charge in [-0.25, -0.2) is 4.98 Å². The number of hydrogen-bond acceptors (Lipinski definition) is 4. The molecule has 1 aromatic carbocycles. The number of nitrogens with one attached hydrogen (secondary N) is 1. The smallest absolute Gasteiger partial charge is 0.222 e. The van der Waals surface area contributed by atoms with E-state index in [4.69, 9.17) is 5.73 Å². The van der Waals surface area contributed by atoms with Crippen LogP contribution in [0, 0.1) is 0 Å². The van der Waals surface area contributed by atoms with Crippen LogP contribution in [0.15, 0.2) is 24.3 Å². The molecule has 0 spiro atoms. The first-order valence-corrected chi connectivity index (χ1v) is 8.28. The summed E-state index contributed by atoms with van der Waals surface area (Å²) in [5, 5.41) is 3.13. The first-order chi connectivity index (χ1) is 11.1. The molecule has 0 aliphatic heterocycles. The van der Waals surface area contributed by atoms with E-state index in [9.17, 15) is 0 Å². The average Bonchev–Trinajstić information content (AvgIpc) is 2.57. The van der Waals surface area contributed by atoms with Crippen LogP contribution in [-0.4, -0.2) is 17.0 Å². The minimum atomic E-state index is 0.316. The molecule has 1 unspecified atom stereocenters. The second-order valence-electron chi connectivity index (χ2n) is 6.09. The van der Waals surface area contributed by atoms with Crippen molar-refractivity contribution in [1.29, 1.82) is 0 Å². The molecule has 3 rings (SSSR count). The average molecular weight is 308 g/mol. The Balaban J connectivity index is 2.13. The third-order valence-corrected chi connectivity index (χ3v) is 4.64. The molecule has 0 amide bonds. The van der Waals surface area contributed by atoms with Gasteiger partial charge in [0, 0.05) is 12.6 Å². The first kappa shape index (κ1) is 15.5. The van der Waals surface area contributed by atoms with E-state index in [1.54, 1.807) is 0 Å². The summed E-state index contributed by atoms with van der Waals surface area (Å²) in [6.45, 7) is 4.42. The fraction of sp³-hybridized carbons (Fsp3) is 0.368. The molecule has 1 aliphatic carbocycles. The topological polar surface area (TPSA) is 63.8 Å². The normalized spacial score (nSPS) is 18.7. The van der Waals surface area contributed by atoms with Gasteiger partial charge in [-0.1, -0.05) is 38.1 Å². The van der Waals surface area contributed by atoms with E-state index < -0.39 is 0 Å². The Morgan fingerprint density at radius 2 is 2.09 bits per heavy atom. The highest BCUT2D eigenvalue weighted by Gasteiger charge is 2.20. The molecule has 3 N–H and O–H groups in total. The third-order valence-electron chi connectivity index (χ3n) is 4.64. The van der Waals surface area contributed by atoms with Crippen LogP contribution in [0.5, 0.6) is 0 Å². The van der Waals surface area contributed by atoms with Crippen LogP contribution in [0.25, 0.3) is 11.6 Å². The maximum absolute atomic E-state index is 5.89. The van der Waals surface area contributed by atoms with E-state index in [1.807, 2.05) is 7.05 Å². The highest BCUT2D eigenvalue weighted by Crippen LogP contribution is 2.39. The lowest BCUT2D eigenvalue weighted by molar-refractivity contribution is 0.676. The number of nitrogens with zero attached hydrogens (tertiary/aromatic N) is 2. The van der Waals surface area contributed by atoms with Crippen molar-refractivity contribution in [2.75, 3.05) is 18.1 Å². The highest BCUT2D eigenvalue weighted by atomic mass is 15.1. The number of anilines is 2. The van der Waals surface area contributed by atoms with Crippen molar-refractivity contribution in [1.82, 2.24) is 9.97 Å². The molecule has 2 aromatic rings. The molecule has 0 bridgehead atoms. The molecule has 1 heterocycles. The van der Waals surface area contributed by atoms with Crippen LogP contribution in [0.4, 0.5) is 11.8 Å². The van der Waals surface area contributed by atoms with E-state index in [1.165, 1.54) is 23.1 Å². The van der Waals surface area contributed by atoms with Gasteiger partial charge in [-0.15, -0.1) is 0 Å². The minimum absolute atomic E-state index is 0.316. The maximum Gasteiger partial charge on any atom is 0.222 e. The first-order valence-electron chi connectivity index (χ1n) is 8.28. The Morgan fingerprint density at radius 3 is 2.83 bits per heavy atom. The second kappa shape index (κ2) is 6.41. The monoisotopic (exact) mass is 308 g/mol. The van der Waals surface area contributed by atoms with Crippen LogP contribution < -0.4 is 11.1 Å². The lowest BCUT2D eigenvalue weighted by Crippen LogP contribution is -2.09. The van der Waals surface area contributed by atoms with Crippen LogP contribution in [0.1, 0.15) is 55.0 Å². The fourth-order valence-electron chi connectivity index (χ4n) is 3.39. The zero-order valence-electron chi connectivity index (χ0n) is 14.1.